The first kappa shape index (κ1) is 57.6. The SMILES string of the molecule is CC(C)(C)C(F)(F)c1cc(-c2noc([C@@H](CCCOCc3ccccc3)CC(=O)O)c2C2CC2)no1.CC(C)(C)OC(=O)C[C@H](CCCOCc1ccccc1)c1onc(-c2cc(C(F)(F)C(C)(C)C)on2)c1C1CC1. The van der Waals surface area contributed by atoms with Crippen molar-refractivity contribution in [1.82, 2.24) is 20.6 Å². The number of carboxylic acids is 1. The van der Waals surface area contributed by atoms with Crippen LogP contribution in [0.25, 0.3) is 22.8 Å². The molecule has 4 heterocycles. The van der Waals surface area contributed by atoms with E-state index in [1.807, 2.05) is 81.4 Å². The van der Waals surface area contributed by atoms with Crippen LogP contribution in [0.1, 0.15) is 195 Å². The summed E-state index contributed by atoms with van der Waals surface area (Å²) in [5.74, 6) is -8.13. The minimum absolute atomic E-state index is 0.108. The van der Waals surface area contributed by atoms with Crippen LogP contribution in [0.3, 0.4) is 0 Å². The summed E-state index contributed by atoms with van der Waals surface area (Å²) < 4.78 is 98.4. The van der Waals surface area contributed by atoms with E-state index < -0.39 is 51.7 Å². The highest BCUT2D eigenvalue weighted by Gasteiger charge is 2.50. The Kier molecular flexibility index (Phi) is 18.2. The molecule has 4 aromatic heterocycles. The molecular weight excluding hydrogens is 989 g/mol. The zero-order chi connectivity index (χ0) is 55.1. The summed E-state index contributed by atoms with van der Waals surface area (Å²) in [6.45, 7) is 16.1. The van der Waals surface area contributed by atoms with E-state index in [0.29, 0.717) is 75.0 Å². The first-order valence-corrected chi connectivity index (χ1v) is 26.2. The summed E-state index contributed by atoms with van der Waals surface area (Å²) in [6, 6.07) is 22.2. The van der Waals surface area contributed by atoms with Crippen molar-refractivity contribution in [2.24, 2.45) is 10.8 Å². The van der Waals surface area contributed by atoms with Gasteiger partial charge in [-0.1, -0.05) is 123 Å². The number of aromatic nitrogens is 4. The third-order valence-electron chi connectivity index (χ3n) is 13.4. The highest BCUT2D eigenvalue weighted by molar-refractivity contribution is 5.72. The number of esters is 1. The van der Waals surface area contributed by atoms with Crippen LogP contribution in [0.4, 0.5) is 17.6 Å². The van der Waals surface area contributed by atoms with Crippen LogP contribution in [0.5, 0.6) is 0 Å². The number of ether oxygens (including phenoxy) is 3. The van der Waals surface area contributed by atoms with Crippen molar-refractivity contribution in [2.45, 2.75) is 181 Å². The molecule has 0 unspecified atom stereocenters. The number of carboxylic acid groups (broad SMARTS) is 1. The molecule has 0 saturated heterocycles. The number of carbonyl (C=O) groups excluding carboxylic acids is 1. The minimum atomic E-state index is -3.23. The molecule has 412 valence electrons. The molecule has 14 nitrogen and oxygen atoms in total. The predicted molar refractivity (Wildman–Crippen MR) is 274 cm³/mol. The Morgan fingerprint density at radius 1 is 0.592 bits per heavy atom. The molecule has 6 aromatic rings. The lowest BCUT2D eigenvalue weighted by atomic mass is 9.86. The lowest BCUT2D eigenvalue weighted by Crippen LogP contribution is -2.30. The van der Waals surface area contributed by atoms with E-state index in [4.69, 9.17) is 32.3 Å². The number of halogens is 4. The van der Waals surface area contributed by atoms with Crippen LogP contribution in [0.15, 0.2) is 90.9 Å². The second kappa shape index (κ2) is 24.0. The highest BCUT2D eigenvalue weighted by atomic mass is 19.3. The molecule has 76 heavy (non-hydrogen) atoms. The number of carbonyl (C=O) groups is 2. The van der Waals surface area contributed by atoms with Crippen molar-refractivity contribution < 1.29 is 64.6 Å². The third kappa shape index (κ3) is 14.9. The normalized spacial score (nSPS) is 15.3. The second-order valence-corrected chi connectivity index (χ2v) is 23.1. The van der Waals surface area contributed by atoms with E-state index in [1.165, 1.54) is 53.7 Å². The second-order valence-electron chi connectivity index (χ2n) is 23.1. The molecule has 2 aliphatic carbocycles. The van der Waals surface area contributed by atoms with Gasteiger partial charge in [0.15, 0.2) is 0 Å². The van der Waals surface area contributed by atoms with Gasteiger partial charge in [0.05, 0.1) is 26.1 Å². The number of aliphatic carboxylic acids is 1. The molecule has 2 aliphatic rings. The van der Waals surface area contributed by atoms with Gasteiger partial charge in [0, 0.05) is 59.1 Å². The first-order valence-electron chi connectivity index (χ1n) is 26.2. The van der Waals surface area contributed by atoms with Crippen LogP contribution in [0, 0.1) is 10.8 Å². The molecule has 2 saturated carbocycles. The maximum absolute atomic E-state index is 14.9. The van der Waals surface area contributed by atoms with Crippen LogP contribution in [-0.4, -0.2) is 56.5 Å². The number of hydrogen-bond acceptors (Lipinski definition) is 13. The summed E-state index contributed by atoms with van der Waals surface area (Å²) in [6.07, 6.45) is 6.07. The monoisotopic (exact) mass is 1060 g/mol. The Bertz CT molecular complexity index is 2810. The Labute approximate surface area is 441 Å². The van der Waals surface area contributed by atoms with E-state index in [0.717, 1.165) is 47.9 Å². The molecule has 0 amide bonds. The van der Waals surface area contributed by atoms with Gasteiger partial charge in [-0.25, -0.2) is 0 Å². The third-order valence-corrected chi connectivity index (χ3v) is 13.4. The van der Waals surface area contributed by atoms with E-state index in [1.54, 1.807) is 0 Å². The van der Waals surface area contributed by atoms with Crippen molar-refractivity contribution >= 4 is 11.9 Å². The van der Waals surface area contributed by atoms with Crippen molar-refractivity contribution in [2.75, 3.05) is 13.2 Å². The molecule has 1 N–H and O–H groups in total. The summed E-state index contributed by atoms with van der Waals surface area (Å²) in [7, 11) is 0. The van der Waals surface area contributed by atoms with Gasteiger partial charge < -0.3 is 37.4 Å². The molecule has 2 aromatic carbocycles. The van der Waals surface area contributed by atoms with Gasteiger partial charge in [-0.3, -0.25) is 9.59 Å². The van der Waals surface area contributed by atoms with E-state index in [2.05, 4.69) is 20.6 Å². The Morgan fingerprint density at radius 3 is 1.34 bits per heavy atom. The van der Waals surface area contributed by atoms with Gasteiger partial charge in [0.2, 0.25) is 11.5 Å². The smallest absolute Gasteiger partial charge is 0.312 e. The molecule has 0 bridgehead atoms. The van der Waals surface area contributed by atoms with Gasteiger partial charge in [-0.2, -0.15) is 17.6 Å². The van der Waals surface area contributed by atoms with Crippen LogP contribution in [0.2, 0.25) is 0 Å². The minimum Gasteiger partial charge on any atom is -0.481 e. The summed E-state index contributed by atoms with van der Waals surface area (Å²) in [5.41, 5.74) is 1.53. The summed E-state index contributed by atoms with van der Waals surface area (Å²) in [5, 5.41) is 25.8. The molecule has 2 fully saturated rings. The lowest BCUT2D eigenvalue weighted by molar-refractivity contribution is -0.155. The molecule has 8 rings (SSSR count). The van der Waals surface area contributed by atoms with E-state index in [-0.39, 0.29) is 48.0 Å². The zero-order valence-corrected chi connectivity index (χ0v) is 45.1. The summed E-state index contributed by atoms with van der Waals surface area (Å²) in [4.78, 5) is 24.5. The quantitative estimate of drug-likeness (QED) is 0.0343. The largest absolute Gasteiger partial charge is 0.481 e. The van der Waals surface area contributed by atoms with Gasteiger partial charge in [-0.15, -0.1) is 0 Å². The first-order chi connectivity index (χ1) is 35.8. The average Bonchev–Trinajstić information content (AvgIpc) is 4.11. The molecule has 0 aliphatic heterocycles. The lowest BCUT2D eigenvalue weighted by Gasteiger charge is -2.27. The van der Waals surface area contributed by atoms with Crippen molar-refractivity contribution in [3.8, 4) is 22.8 Å². The van der Waals surface area contributed by atoms with Gasteiger partial charge in [-0.05, 0) is 95.1 Å². The average molecular weight is 1060 g/mol. The maximum Gasteiger partial charge on any atom is 0.312 e. The van der Waals surface area contributed by atoms with Crippen LogP contribution < -0.4 is 0 Å². The van der Waals surface area contributed by atoms with Crippen molar-refractivity contribution in [3.05, 3.63) is 118 Å². The Hall–Kier alpha value is -6.14. The topological polar surface area (TPSA) is 186 Å². The van der Waals surface area contributed by atoms with Crippen LogP contribution in [-0.2, 0) is 48.9 Å². The van der Waals surface area contributed by atoms with Crippen molar-refractivity contribution in [1.29, 1.82) is 0 Å². The van der Waals surface area contributed by atoms with E-state index >= 15 is 0 Å². The number of hydrogen-bond donors (Lipinski definition) is 1. The maximum atomic E-state index is 14.9. The molecule has 2 atom stereocenters. The molecule has 0 radical (unpaired) electrons. The van der Waals surface area contributed by atoms with E-state index in [9.17, 15) is 32.3 Å². The highest BCUT2D eigenvalue weighted by Crippen LogP contribution is 2.52. The predicted octanol–water partition coefficient (Wildman–Crippen LogP) is 15.1. The fourth-order valence-corrected chi connectivity index (χ4v) is 8.76. The zero-order valence-electron chi connectivity index (χ0n) is 45.1. The number of rotatable bonds is 24. The van der Waals surface area contributed by atoms with Crippen molar-refractivity contribution in [3.63, 3.8) is 0 Å². The molecule has 18 heteroatoms. The van der Waals surface area contributed by atoms with Gasteiger partial charge >= 0.3 is 23.8 Å². The standard InChI is InChI=1S/C31H40F2N2O5.C27H32F2N2O5/c1-29(2,3)31(32,33)24-18-23(34-39-24)27-26(21-14-15-21)28(40-35-27)22(17-25(36)38-30(4,5)6)13-10-16-37-19-20-11-8-7-9-12-20;1-26(2,3)27(28,29)21-15-20(30-35-21)24-23(18-11-12-18)25(36-31-24)19(14-22(32)33)10-7-13-34-16-17-8-5-4-6-9-17/h7-9,11-12,18,21-22H,10,13-17,19H2,1-6H3;4-6,8-9,15,18-19H,7,10-14,16H2,1-3H3,(H,32,33)/t22-;19-/m00/s1. The van der Waals surface area contributed by atoms with Gasteiger partial charge in [0.25, 0.3) is 0 Å². The Balaban J connectivity index is 0.000000222. The Morgan fingerprint density at radius 2 is 0.987 bits per heavy atom. The number of alkyl halides is 4. The summed E-state index contributed by atoms with van der Waals surface area (Å²) >= 11 is 0. The molecule has 0 spiro atoms. The fraction of sp³-hybridized carbons (Fsp3) is 0.552. The number of benzene rings is 2. The van der Waals surface area contributed by atoms with Gasteiger partial charge in [0.1, 0.15) is 39.9 Å². The van der Waals surface area contributed by atoms with Crippen LogP contribution >= 0.6 is 0 Å². The molecular formula is C58H72F4N4O10. The fourth-order valence-electron chi connectivity index (χ4n) is 8.76. The number of nitrogens with zero attached hydrogens (tertiary/aromatic N) is 4.